The minimum absolute atomic E-state index is 0.738. The fourth-order valence-corrected chi connectivity index (χ4v) is 3.71. The molecule has 0 unspecified atom stereocenters. The quantitative estimate of drug-likeness (QED) is 0.460. The van der Waals surface area contributed by atoms with Crippen LogP contribution in [-0.2, 0) is 0 Å². The molecule has 30 heavy (non-hydrogen) atoms. The minimum Gasteiger partial charge on any atom is -0.353 e. The second-order valence-electron chi connectivity index (χ2n) is 6.98. The Hall–Kier alpha value is -4.39. The second kappa shape index (κ2) is 6.59. The molecule has 142 valence electrons. The van der Waals surface area contributed by atoms with Gasteiger partial charge in [-0.3, -0.25) is 20.1 Å². The van der Waals surface area contributed by atoms with Crippen LogP contribution in [0.1, 0.15) is 0 Å². The Labute approximate surface area is 170 Å². The van der Waals surface area contributed by atoms with Gasteiger partial charge in [-0.1, -0.05) is 6.07 Å². The first-order chi connectivity index (χ1) is 14.9. The molecule has 0 amide bonds. The highest BCUT2D eigenvalue weighted by Crippen LogP contribution is 2.33. The van der Waals surface area contributed by atoms with Crippen LogP contribution < -0.4 is 0 Å². The fraction of sp³-hybridized carbons (Fsp3) is 0. The summed E-state index contributed by atoms with van der Waals surface area (Å²) in [5, 5.41) is 9.53. The molecule has 0 fully saturated rings. The van der Waals surface area contributed by atoms with Crippen molar-refractivity contribution in [3.8, 4) is 33.8 Å². The topological polar surface area (TPSA) is 96.0 Å². The molecule has 6 aromatic rings. The van der Waals surface area contributed by atoms with E-state index in [1.807, 2.05) is 48.9 Å². The monoisotopic (exact) mass is 389 g/mol. The third kappa shape index (κ3) is 2.64. The zero-order chi connectivity index (χ0) is 19.9. The molecule has 7 nitrogen and oxygen atoms in total. The first kappa shape index (κ1) is 16.6. The van der Waals surface area contributed by atoms with Gasteiger partial charge >= 0.3 is 0 Å². The zero-order valence-electron chi connectivity index (χ0n) is 15.7. The molecule has 2 N–H and O–H groups in total. The van der Waals surface area contributed by atoms with E-state index in [2.05, 4.69) is 47.2 Å². The van der Waals surface area contributed by atoms with E-state index in [1.54, 1.807) is 18.6 Å². The van der Waals surface area contributed by atoms with Crippen LogP contribution in [-0.4, -0.2) is 35.1 Å². The third-order valence-corrected chi connectivity index (χ3v) is 5.15. The van der Waals surface area contributed by atoms with E-state index >= 15 is 0 Å². The molecule has 6 rings (SSSR count). The molecule has 0 atom stereocenters. The van der Waals surface area contributed by atoms with Crippen LogP contribution in [0.15, 0.2) is 79.6 Å². The van der Waals surface area contributed by atoms with Gasteiger partial charge in [0.1, 0.15) is 5.69 Å². The molecule has 0 spiro atoms. The highest BCUT2D eigenvalue weighted by atomic mass is 15.2. The van der Waals surface area contributed by atoms with Gasteiger partial charge in [-0.25, -0.2) is 4.98 Å². The van der Waals surface area contributed by atoms with Gasteiger partial charge in [-0.05, 0) is 36.4 Å². The van der Waals surface area contributed by atoms with Crippen molar-refractivity contribution in [1.29, 1.82) is 0 Å². The molecule has 0 radical (unpaired) electrons. The lowest BCUT2D eigenvalue weighted by Gasteiger charge is -2.01. The second-order valence-corrected chi connectivity index (χ2v) is 6.98. The summed E-state index contributed by atoms with van der Waals surface area (Å²) in [4.78, 5) is 21.0. The highest BCUT2D eigenvalue weighted by Gasteiger charge is 2.15. The van der Waals surface area contributed by atoms with Crippen LogP contribution in [0, 0.1) is 0 Å². The van der Waals surface area contributed by atoms with Crippen molar-refractivity contribution in [2.75, 3.05) is 0 Å². The van der Waals surface area contributed by atoms with Crippen LogP contribution >= 0.6 is 0 Å². The molecule has 0 aliphatic heterocycles. The van der Waals surface area contributed by atoms with Crippen molar-refractivity contribution in [3.05, 3.63) is 79.6 Å². The SMILES string of the molecule is c1cncc(-c2cnc3[nH]nc(-c4cc5c(-c6cccnc6)nccc5[nH]4)c3c2)c1. The van der Waals surface area contributed by atoms with Crippen LogP contribution in [0.2, 0.25) is 0 Å². The predicted octanol–water partition coefficient (Wildman–Crippen LogP) is 4.63. The Morgan fingerprint density at radius 3 is 2.30 bits per heavy atom. The van der Waals surface area contributed by atoms with Gasteiger partial charge < -0.3 is 4.98 Å². The number of nitrogens with one attached hydrogen (secondary N) is 2. The molecule has 0 aromatic carbocycles. The summed E-state index contributed by atoms with van der Waals surface area (Å²) in [5.74, 6) is 0. The van der Waals surface area contributed by atoms with E-state index in [1.165, 1.54) is 0 Å². The van der Waals surface area contributed by atoms with E-state index in [0.717, 1.165) is 55.7 Å². The maximum atomic E-state index is 4.58. The summed E-state index contributed by atoms with van der Waals surface area (Å²) in [7, 11) is 0. The van der Waals surface area contributed by atoms with Gasteiger partial charge in [-0.15, -0.1) is 0 Å². The zero-order valence-corrected chi connectivity index (χ0v) is 15.7. The lowest BCUT2D eigenvalue weighted by atomic mass is 10.1. The average Bonchev–Trinajstić information content (AvgIpc) is 3.43. The average molecular weight is 389 g/mol. The number of aromatic nitrogens is 7. The van der Waals surface area contributed by atoms with Crippen molar-refractivity contribution in [2.45, 2.75) is 0 Å². The molecule has 0 saturated heterocycles. The van der Waals surface area contributed by atoms with Gasteiger partial charge in [0.15, 0.2) is 5.65 Å². The van der Waals surface area contributed by atoms with Crippen LogP contribution in [0.4, 0.5) is 0 Å². The molecule has 0 saturated carbocycles. The van der Waals surface area contributed by atoms with Crippen LogP contribution in [0.5, 0.6) is 0 Å². The number of aromatic amines is 2. The normalized spacial score (nSPS) is 11.3. The van der Waals surface area contributed by atoms with Gasteiger partial charge in [0.05, 0.1) is 11.4 Å². The number of rotatable bonds is 3. The summed E-state index contributed by atoms with van der Waals surface area (Å²) >= 11 is 0. The fourth-order valence-electron chi connectivity index (χ4n) is 3.71. The number of hydrogen-bond donors (Lipinski definition) is 2. The first-order valence-corrected chi connectivity index (χ1v) is 9.50. The maximum Gasteiger partial charge on any atom is 0.155 e. The first-order valence-electron chi connectivity index (χ1n) is 9.50. The Bertz CT molecular complexity index is 1480. The van der Waals surface area contributed by atoms with E-state index in [-0.39, 0.29) is 0 Å². The summed E-state index contributed by atoms with van der Waals surface area (Å²) < 4.78 is 0. The summed E-state index contributed by atoms with van der Waals surface area (Å²) in [5.41, 5.74) is 7.31. The van der Waals surface area contributed by atoms with Gasteiger partial charge in [-0.2, -0.15) is 5.10 Å². The molecule has 0 aliphatic carbocycles. The smallest absolute Gasteiger partial charge is 0.155 e. The molecule has 7 heteroatoms. The lowest BCUT2D eigenvalue weighted by Crippen LogP contribution is -1.84. The van der Waals surface area contributed by atoms with Crippen molar-refractivity contribution < 1.29 is 0 Å². The van der Waals surface area contributed by atoms with Gasteiger partial charge in [0.25, 0.3) is 0 Å². The Morgan fingerprint density at radius 1 is 0.667 bits per heavy atom. The van der Waals surface area contributed by atoms with E-state index in [9.17, 15) is 0 Å². The largest absolute Gasteiger partial charge is 0.353 e. The predicted molar refractivity (Wildman–Crippen MR) is 115 cm³/mol. The molecular weight excluding hydrogens is 374 g/mol. The van der Waals surface area contributed by atoms with E-state index in [4.69, 9.17) is 0 Å². The van der Waals surface area contributed by atoms with Crippen LogP contribution in [0.3, 0.4) is 0 Å². The number of fused-ring (bicyclic) bond motifs is 2. The molecule has 6 aromatic heterocycles. The van der Waals surface area contributed by atoms with Crippen LogP contribution in [0.25, 0.3) is 55.7 Å². The van der Waals surface area contributed by atoms with Gasteiger partial charge in [0, 0.05) is 70.2 Å². The highest BCUT2D eigenvalue weighted by molar-refractivity contribution is 5.99. The Morgan fingerprint density at radius 2 is 1.50 bits per heavy atom. The van der Waals surface area contributed by atoms with E-state index < -0.39 is 0 Å². The third-order valence-electron chi connectivity index (χ3n) is 5.15. The van der Waals surface area contributed by atoms with E-state index in [0.29, 0.717) is 0 Å². The molecule has 0 bridgehead atoms. The minimum atomic E-state index is 0.738. The molecule has 0 aliphatic rings. The Kier molecular flexibility index (Phi) is 3.64. The number of nitrogens with zero attached hydrogens (tertiary/aromatic N) is 5. The van der Waals surface area contributed by atoms with Crippen molar-refractivity contribution >= 4 is 21.9 Å². The molecular formula is C23H15N7. The van der Waals surface area contributed by atoms with Crippen molar-refractivity contribution in [3.63, 3.8) is 0 Å². The number of pyridine rings is 4. The van der Waals surface area contributed by atoms with Crippen molar-refractivity contribution in [2.24, 2.45) is 0 Å². The lowest BCUT2D eigenvalue weighted by molar-refractivity contribution is 1.10. The Balaban J connectivity index is 1.52. The maximum absolute atomic E-state index is 4.58. The summed E-state index contributed by atoms with van der Waals surface area (Å²) in [6, 6.07) is 14.0. The summed E-state index contributed by atoms with van der Waals surface area (Å²) in [6.45, 7) is 0. The number of hydrogen-bond acceptors (Lipinski definition) is 5. The standard InChI is InChI=1S/C23H15N7/c1-3-14(11-24-6-1)16-9-18-22(29-30-23(18)27-13-16)20-10-17-19(28-20)5-8-26-21(17)15-4-2-7-25-12-15/h1-13,28H,(H,27,29,30). The summed E-state index contributed by atoms with van der Waals surface area (Å²) in [6.07, 6.45) is 10.8. The number of H-pyrrole nitrogens is 2. The molecule has 6 heterocycles. The van der Waals surface area contributed by atoms with Gasteiger partial charge in [0.2, 0.25) is 0 Å². The van der Waals surface area contributed by atoms with Crippen molar-refractivity contribution in [1.82, 2.24) is 35.1 Å².